The zero-order valence-electron chi connectivity index (χ0n) is 10.7. The average Bonchev–Trinajstić information content (AvgIpc) is 2.76. The van der Waals surface area contributed by atoms with Crippen molar-refractivity contribution in [1.82, 2.24) is 4.90 Å². The number of benzene rings is 1. The van der Waals surface area contributed by atoms with Crippen LogP contribution in [0.1, 0.15) is 11.1 Å². The van der Waals surface area contributed by atoms with Crippen molar-refractivity contribution in [3.63, 3.8) is 0 Å². The molecule has 0 saturated heterocycles. The summed E-state index contributed by atoms with van der Waals surface area (Å²) in [7, 11) is 1.63. The van der Waals surface area contributed by atoms with Gasteiger partial charge in [-0.2, -0.15) is 0 Å². The largest absolute Gasteiger partial charge is 0.394 e. The maximum Gasteiger partial charge on any atom is 0.241 e. The number of likely N-dealkylation sites (N-methyl/N-ethyl adjacent to an activating group) is 1. The number of aliphatic hydroxyl groups is 1. The van der Waals surface area contributed by atoms with Crippen molar-refractivity contribution in [2.75, 3.05) is 19.0 Å². The van der Waals surface area contributed by atoms with Crippen LogP contribution in [-0.2, 0) is 22.6 Å². The number of nitrogens with zero attached hydrogens (tertiary/aromatic N) is 1. The van der Waals surface area contributed by atoms with Crippen LogP contribution >= 0.6 is 0 Å². The zero-order valence-corrected chi connectivity index (χ0v) is 10.7. The summed E-state index contributed by atoms with van der Waals surface area (Å²) in [6, 6.07) is 4.71. The molecule has 1 aromatic carbocycles. The Balaban J connectivity index is 2.06. The molecule has 1 unspecified atom stereocenters. The zero-order chi connectivity index (χ0) is 14.0. The minimum atomic E-state index is -0.886. The summed E-state index contributed by atoms with van der Waals surface area (Å²) < 4.78 is 0. The fourth-order valence-corrected chi connectivity index (χ4v) is 2.09. The normalized spacial score (nSPS) is 14.8. The molecule has 0 fully saturated rings. The molecule has 6 nitrogen and oxygen atoms in total. The second-order valence-electron chi connectivity index (χ2n) is 4.70. The highest BCUT2D eigenvalue weighted by Gasteiger charge is 2.20. The number of nitrogens with two attached hydrogens (primary N) is 1. The fraction of sp³-hybridized carbons (Fsp3) is 0.385. The van der Waals surface area contributed by atoms with E-state index in [9.17, 15) is 9.59 Å². The van der Waals surface area contributed by atoms with Crippen molar-refractivity contribution in [2.24, 2.45) is 5.73 Å². The van der Waals surface area contributed by atoms with Gasteiger partial charge in [0.1, 0.15) is 6.04 Å². The highest BCUT2D eigenvalue weighted by molar-refractivity contribution is 5.99. The van der Waals surface area contributed by atoms with Crippen LogP contribution in [0.3, 0.4) is 0 Å². The number of carbonyl (C=O) groups excluding carboxylic acids is 2. The van der Waals surface area contributed by atoms with E-state index in [-0.39, 0.29) is 18.4 Å². The molecule has 1 atom stereocenters. The predicted molar refractivity (Wildman–Crippen MR) is 70.3 cm³/mol. The topological polar surface area (TPSA) is 95.7 Å². The summed E-state index contributed by atoms with van der Waals surface area (Å²) in [5.74, 6) is -0.323. The third-order valence-electron chi connectivity index (χ3n) is 3.10. The fourth-order valence-electron chi connectivity index (χ4n) is 2.09. The van der Waals surface area contributed by atoms with E-state index in [4.69, 9.17) is 10.8 Å². The van der Waals surface area contributed by atoms with Gasteiger partial charge in [0.05, 0.1) is 13.0 Å². The van der Waals surface area contributed by atoms with Crippen molar-refractivity contribution in [1.29, 1.82) is 0 Å². The maximum atomic E-state index is 11.7. The molecule has 0 radical (unpaired) electrons. The van der Waals surface area contributed by atoms with Gasteiger partial charge in [-0.3, -0.25) is 9.59 Å². The molecule has 0 saturated carbocycles. The molecule has 6 heteroatoms. The van der Waals surface area contributed by atoms with Gasteiger partial charge in [-0.05, 0) is 17.2 Å². The van der Waals surface area contributed by atoms with Crippen molar-refractivity contribution in [2.45, 2.75) is 19.0 Å². The van der Waals surface area contributed by atoms with E-state index in [0.717, 1.165) is 16.8 Å². The molecule has 0 aliphatic carbocycles. The van der Waals surface area contributed by atoms with Gasteiger partial charge < -0.3 is 21.1 Å². The number of hydrogen-bond donors (Lipinski definition) is 3. The summed E-state index contributed by atoms with van der Waals surface area (Å²) in [6.45, 7) is 0.0276. The molecule has 1 aliphatic heterocycles. The third kappa shape index (κ3) is 2.91. The van der Waals surface area contributed by atoms with Gasteiger partial charge in [-0.15, -0.1) is 0 Å². The standard InChI is InChI=1S/C13H17N3O3/c1-16(13(19)10(14)7-17)6-8-2-3-11-9(4-8)5-12(18)15-11/h2-4,10,17H,5-7,14H2,1H3,(H,15,18). The molecular formula is C13H17N3O3. The Kier molecular flexibility index (Phi) is 3.82. The Bertz CT molecular complexity index is 516. The van der Waals surface area contributed by atoms with Gasteiger partial charge in [0, 0.05) is 19.3 Å². The van der Waals surface area contributed by atoms with Crippen LogP contribution in [0.2, 0.25) is 0 Å². The Morgan fingerprint density at radius 3 is 3.00 bits per heavy atom. The van der Waals surface area contributed by atoms with Crippen molar-refractivity contribution in [3.05, 3.63) is 29.3 Å². The van der Waals surface area contributed by atoms with E-state index in [1.165, 1.54) is 4.90 Å². The molecule has 102 valence electrons. The quantitative estimate of drug-likeness (QED) is 0.679. The lowest BCUT2D eigenvalue weighted by atomic mass is 10.1. The number of hydrogen-bond acceptors (Lipinski definition) is 4. The monoisotopic (exact) mass is 263 g/mol. The first kappa shape index (κ1) is 13.5. The predicted octanol–water partition coefficient (Wildman–Crippen LogP) is -0.541. The van der Waals surface area contributed by atoms with Gasteiger partial charge in [0.2, 0.25) is 11.8 Å². The highest BCUT2D eigenvalue weighted by Crippen LogP contribution is 2.24. The van der Waals surface area contributed by atoms with E-state index < -0.39 is 6.04 Å². The summed E-state index contributed by atoms with van der Waals surface area (Å²) in [5.41, 5.74) is 8.18. The Hall–Kier alpha value is -1.92. The minimum absolute atomic E-state index is 0.0149. The van der Waals surface area contributed by atoms with Gasteiger partial charge in [0.15, 0.2) is 0 Å². The Labute approximate surface area is 111 Å². The first-order chi connectivity index (χ1) is 9.01. The molecule has 1 aromatic rings. The van der Waals surface area contributed by atoms with Gasteiger partial charge >= 0.3 is 0 Å². The van der Waals surface area contributed by atoms with Crippen LogP contribution in [0.5, 0.6) is 0 Å². The summed E-state index contributed by atoms with van der Waals surface area (Å²) in [5, 5.41) is 11.6. The molecule has 0 spiro atoms. The molecule has 2 amide bonds. The Morgan fingerprint density at radius 1 is 1.58 bits per heavy atom. The minimum Gasteiger partial charge on any atom is -0.394 e. The number of amides is 2. The van der Waals surface area contributed by atoms with Crippen LogP contribution in [0, 0.1) is 0 Å². The number of nitrogens with one attached hydrogen (secondary N) is 1. The van der Waals surface area contributed by atoms with Crippen molar-refractivity contribution >= 4 is 17.5 Å². The van der Waals surface area contributed by atoms with E-state index in [1.54, 1.807) is 7.05 Å². The number of fused-ring (bicyclic) bond motifs is 1. The molecule has 2 rings (SSSR count). The van der Waals surface area contributed by atoms with Crippen LogP contribution in [0.25, 0.3) is 0 Å². The maximum absolute atomic E-state index is 11.7. The Morgan fingerprint density at radius 2 is 2.32 bits per heavy atom. The van der Waals surface area contributed by atoms with Crippen molar-refractivity contribution < 1.29 is 14.7 Å². The third-order valence-corrected chi connectivity index (χ3v) is 3.10. The molecule has 0 aromatic heterocycles. The lowest BCUT2D eigenvalue weighted by Crippen LogP contribution is -2.43. The van der Waals surface area contributed by atoms with Gasteiger partial charge in [0.25, 0.3) is 0 Å². The SMILES string of the molecule is CN(Cc1ccc2c(c1)CC(=O)N2)C(=O)C(N)CO. The smallest absolute Gasteiger partial charge is 0.241 e. The van der Waals surface area contributed by atoms with E-state index in [0.29, 0.717) is 13.0 Å². The first-order valence-corrected chi connectivity index (χ1v) is 6.04. The van der Waals surface area contributed by atoms with E-state index >= 15 is 0 Å². The first-order valence-electron chi connectivity index (χ1n) is 6.04. The summed E-state index contributed by atoms with van der Waals surface area (Å²) >= 11 is 0. The number of anilines is 1. The van der Waals surface area contributed by atoms with E-state index in [2.05, 4.69) is 5.32 Å². The second-order valence-corrected chi connectivity index (χ2v) is 4.70. The number of rotatable bonds is 4. The lowest BCUT2D eigenvalue weighted by Gasteiger charge is -2.20. The number of aliphatic hydroxyl groups excluding tert-OH is 1. The highest BCUT2D eigenvalue weighted by atomic mass is 16.3. The molecular weight excluding hydrogens is 246 g/mol. The molecule has 4 N–H and O–H groups in total. The summed E-state index contributed by atoms with van der Waals surface area (Å²) in [4.78, 5) is 24.5. The number of carbonyl (C=O) groups is 2. The summed E-state index contributed by atoms with van der Waals surface area (Å²) in [6.07, 6.45) is 0.372. The van der Waals surface area contributed by atoms with E-state index in [1.807, 2.05) is 18.2 Å². The van der Waals surface area contributed by atoms with Crippen LogP contribution in [-0.4, -0.2) is 41.5 Å². The lowest BCUT2D eigenvalue weighted by molar-refractivity contribution is -0.132. The molecule has 0 bridgehead atoms. The molecule has 1 aliphatic rings. The average molecular weight is 263 g/mol. The van der Waals surface area contributed by atoms with Crippen LogP contribution < -0.4 is 11.1 Å². The molecule has 1 heterocycles. The van der Waals surface area contributed by atoms with Gasteiger partial charge in [-0.25, -0.2) is 0 Å². The second kappa shape index (κ2) is 5.38. The van der Waals surface area contributed by atoms with Gasteiger partial charge in [-0.1, -0.05) is 12.1 Å². The van der Waals surface area contributed by atoms with Crippen molar-refractivity contribution in [3.8, 4) is 0 Å². The van der Waals surface area contributed by atoms with Crippen LogP contribution in [0.4, 0.5) is 5.69 Å². The van der Waals surface area contributed by atoms with Crippen LogP contribution in [0.15, 0.2) is 18.2 Å². The molecule has 19 heavy (non-hydrogen) atoms.